The fourth-order valence-electron chi connectivity index (χ4n) is 1.54. The average Bonchev–Trinajstić information content (AvgIpc) is 2.65. The van der Waals surface area contributed by atoms with Crippen LogP contribution in [0.2, 0.25) is 0 Å². The smallest absolute Gasteiger partial charge is 0.180 e. The predicted molar refractivity (Wildman–Crippen MR) is 47.2 cm³/mol. The molecule has 1 aromatic carbocycles. The molecule has 0 atom stereocenters. The van der Waals surface area contributed by atoms with E-state index in [1.807, 2.05) is 18.2 Å². The standard InChI is InChI=1S/C10H7NO2/c1-2-8-6-12-13-10(8)9-5-11-4-3-7(1)9/h1-5H,6H2. The lowest BCUT2D eigenvalue weighted by molar-refractivity contribution is -0.193. The van der Waals surface area contributed by atoms with Crippen LogP contribution in [0.1, 0.15) is 5.56 Å². The summed E-state index contributed by atoms with van der Waals surface area (Å²) in [4.78, 5) is 14.0. The van der Waals surface area contributed by atoms with E-state index in [0.29, 0.717) is 6.61 Å². The summed E-state index contributed by atoms with van der Waals surface area (Å²) in [7, 11) is 0. The van der Waals surface area contributed by atoms with Crippen LogP contribution in [0, 0.1) is 0 Å². The zero-order chi connectivity index (χ0) is 8.67. The predicted octanol–water partition coefficient (Wildman–Crippen LogP) is 2.06. The molecule has 0 amide bonds. The molecule has 3 rings (SSSR count). The molecular formula is C10H7NO2. The molecule has 0 N–H and O–H groups in total. The van der Waals surface area contributed by atoms with E-state index in [1.54, 1.807) is 12.4 Å². The maximum atomic E-state index is 5.07. The molecule has 2 heterocycles. The van der Waals surface area contributed by atoms with Gasteiger partial charge in [0.1, 0.15) is 6.61 Å². The number of nitrogens with zero attached hydrogens (tertiary/aromatic N) is 1. The molecule has 1 aromatic heterocycles. The van der Waals surface area contributed by atoms with Crippen molar-refractivity contribution in [2.45, 2.75) is 6.61 Å². The van der Waals surface area contributed by atoms with Gasteiger partial charge >= 0.3 is 0 Å². The van der Waals surface area contributed by atoms with Crippen LogP contribution in [0.3, 0.4) is 0 Å². The summed E-state index contributed by atoms with van der Waals surface area (Å²) in [6, 6.07) is 6.02. The first-order valence-corrected chi connectivity index (χ1v) is 4.10. The number of pyridine rings is 1. The molecule has 64 valence electrons. The number of aromatic nitrogens is 1. The molecular weight excluding hydrogens is 166 g/mol. The molecule has 0 spiro atoms. The third-order valence-corrected chi connectivity index (χ3v) is 2.21. The van der Waals surface area contributed by atoms with Crippen LogP contribution in [0.25, 0.3) is 10.8 Å². The molecule has 2 aromatic rings. The van der Waals surface area contributed by atoms with Gasteiger partial charge < -0.3 is 4.89 Å². The highest BCUT2D eigenvalue weighted by Gasteiger charge is 2.16. The van der Waals surface area contributed by atoms with Crippen LogP contribution in [0.4, 0.5) is 0 Å². The van der Waals surface area contributed by atoms with E-state index in [2.05, 4.69) is 4.98 Å². The zero-order valence-electron chi connectivity index (χ0n) is 6.86. The quantitative estimate of drug-likeness (QED) is 0.571. The third-order valence-electron chi connectivity index (χ3n) is 2.21. The van der Waals surface area contributed by atoms with Crippen LogP contribution < -0.4 is 4.89 Å². The molecule has 0 saturated carbocycles. The zero-order valence-corrected chi connectivity index (χ0v) is 6.86. The fraction of sp³-hybridized carbons (Fsp3) is 0.100. The van der Waals surface area contributed by atoms with Gasteiger partial charge in [0.2, 0.25) is 0 Å². The van der Waals surface area contributed by atoms with Crippen molar-refractivity contribution in [1.29, 1.82) is 0 Å². The first-order valence-electron chi connectivity index (χ1n) is 4.10. The molecule has 0 saturated heterocycles. The Kier molecular flexibility index (Phi) is 1.29. The Hall–Kier alpha value is -1.61. The van der Waals surface area contributed by atoms with Crippen LogP contribution >= 0.6 is 0 Å². The Morgan fingerprint density at radius 1 is 1.23 bits per heavy atom. The summed E-state index contributed by atoms with van der Waals surface area (Å²) >= 11 is 0. The average molecular weight is 173 g/mol. The fourth-order valence-corrected chi connectivity index (χ4v) is 1.54. The monoisotopic (exact) mass is 173 g/mol. The lowest BCUT2D eigenvalue weighted by Gasteiger charge is -2.00. The van der Waals surface area contributed by atoms with Gasteiger partial charge in [0.25, 0.3) is 0 Å². The van der Waals surface area contributed by atoms with Crippen LogP contribution in [0.5, 0.6) is 5.75 Å². The number of fused-ring (bicyclic) bond motifs is 3. The van der Waals surface area contributed by atoms with Crippen molar-refractivity contribution in [1.82, 2.24) is 4.98 Å². The Morgan fingerprint density at radius 3 is 3.23 bits per heavy atom. The van der Waals surface area contributed by atoms with Crippen molar-refractivity contribution in [3.8, 4) is 5.75 Å². The Bertz CT molecular complexity index is 467. The molecule has 0 radical (unpaired) electrons. The topological polar surface area (TPSA) is 31.4 Å². The second-order valence-corrected chi connectivity index (χ2v) is 3.00. The lowest BCUT2D eigenvalue weighted by Crippen LogP contribution is -1.83. The van der Waals surface area contributed by atoms with Crippen molar-refractivity contribution >= 4 is 10.8 Å². The molecule has 1 aliphatic heterocycles. The van der Waals surface area contributed by atoms with Crippen molar-refractivity contribution in [2.75, 3.05) is 0 Å². The second kappa shape index (κ2) is 2.44. The van der Waals surface area contributed by atoms with Crippen LogP contribution in [-0.2, 0) is 11.5 Å². The van der Waals surface area contributed by atoms with Crippen molar-refractivity contribution < 1.29 is 9.78 Å². The number of benzene rings is 1. The first-order chi connectivity index (χ1) is 6.45. The maximum absolute atomic E-state index is 5.07. The van der Waals surface area contributed by atoms with E-state index < -0.39 is 0 Å². The van der Waals surface area contributed by atoms with Gasteiger partial charge in [-0.2, -0.15) is 4.89 Å². The Balaban J connectivity index is 2.43. The van der Waals surface area contributed by atoms with E-state index in [9.17, 15) is 0 Å². The van der Waals surface area contributed by atoms with Crippen LogP contribution in [-0.4, -0.2) is 4.98 Å². The van der Waals surface area contributed by atoms with Gasteiger partial charge in [0.05, 0.1) is 0 Å². The van der Waals surface area contributed by atoms with Gasteiger partial charge in [-0.1, -0.05) is 12.1 Å². The van der Waals surface area contributed by atoms with E-state index >= 15 is 0 Å². The summed E-state index contributed by atoms with van der Waals surface area (Å²) < 4.78 is 0. The molecule has 0 unspecified atom stereocenters. The minimum Gasteiger partial charge on any atom is -0.336 e. The number of hydrogen-bond donors (Lipinski definition) is 0. The number of hydrogen-bond acceptors (Lipinski definition) is 3. The molecule has 0 fully saturated rings. The third kappa shape index (κ3) is 0.907. The minimum atomic E-state index is 0.528. The largest absolute Gasteiger partial charge is 0.336 e. The number of rotatable bonds is 0. The maximum Gasteiger partial charge on any atom is 0.180 e. The highest BCUT2D eigenvalue weighted by molar-refractivity contribution is 5.88. The van der Waals surface area contributed by atoms with Gasteiger partial charge in [-0.05, 0) is 11.5 Å². The van der Waals surface area contributed by atoms with Gasteiger partial charge in [-0.3, -0.25) is 4.98 Å². The van der Waals surface area contributed by atoms with Crippen molar-refractivity contribution in [2.24, 2.45) is 0 Å². The normalized spacial score (nSPS) is 14.2. The molecule has 3 nitrogen and oxygen atoms in total. The van der Waals surface area contributed by atoms with Gasteiger partial charge in [0.15, 0.2) is 5.75 Å². The molecule has 0 aliphatic carbocycles. The van der Waals surface area contributed by atoms with Crippen molar-refractivity contribution in [3.05, 3.63) is 36.2 Å². The van der Waals surface area contributed by atoms with E-state index in [1.165, 1.54) is 0 Å². The minimum absolute atomic E-state index is 0.528. The van der Waals surface area contributed by atoms with E-state index in [4.69, 9.17) is 9.78 Å². The SMILES string of the molecule is c1cc2ccc3c(c2cn1)OOC3. The molecule has 0 bridgehead atoms. The molecule has 1 aliphatic rings. The van der Waals surface area contributed by atoms with Crippen molar-refractivity contribution in [3.63, 3.8) is 0 Å². The summed E-state index contributed by atoms with van der Waals surface area (Å²) in [5, 5.41) is 2.14. The van der Waals surface area contributed by atoms with Crippen LogP contribution in [0.15, 0.2) is 30.6 Å². The Labute approximate surface area is 74.8 Å². The highest BCUT2D eigenvalue weighted by Crippen LogP contribution is 2.33. The van der Waals surface area contributed by atoms with Gasteiger partial charge in [0, 0.05) is 23.3 Å². The first kappa shape index (κ1) is 6.86. The second-order valence-electron chi connectivity index (χ2n) is 3.00. The molecule has 13 heavy (non-hydrogen) atoms. The summed E-state index contributed by atoms with van der Waals surface area (Å²) in [5.41, 5.74) is 1.08. The van der Waals surface area contributed by atoms with E-state index in [-0.39, 0.29) is 0 Å². The van der Waals surface area contributed by atoms with E-state index in [0.717, 1.165) is 22.1 Å². The lowest BCUT2D eigenvalue weighted by atomic mass is 10.1. The van der Waals surface area contributed by atoms with Gasteiger partial charge in [-0.25, -0.2) is 0 Å². The summed E-state index contributed by atoms with van der Waals surface area (Å²) in [6.45, 7) is 0.528. The summed E-state index contributed by atoms with van der Waals surface area (Å²) in [5.74, 6) is 0.811. The highest BCUT2D eigenvalue weighted by atomic mass is 17.2. The summed E-state index contributed by atoms with van der Waals surface area (Å²) in [6.07, 6.45) is 3.56. The Morgan fingerprint density at radius 2 is 2.23 bits per heavy atom. The molecule has 3 heteroatoms. The van der Waals surface area contributed by atoms with Gasteiger partial charge in [-0.15, -0.1) is 0 Å².